The van der Waals surface area contributed by atoms with E-state index in [1.807, 2.05) is 0 Å². The molecule has 0 aliphatic heterocycles. The first-order valence-corrected chi connectivity index (χ1v) is 22.9. The van der Waals surface area contributed by atoms with Crippen molar-refractivity contribution in [3.05, 3.63) is 0 Å². The van der Waals surface area contributed by atoms with Crippen molar-refractivity contribution in [1.82, 2.24) is 0 Å². The van der Waals surface area contributed by atoms with Gasteiger partial charge in [-0.05, 0) is 32.1 Å². The van der Waals surface area contributed by atoms with Crippen LogP contribution in [0.25, 0.3) is 0 Å². The van der Waals surface area contributed by atoms with Crippen LogP contribution in [0.1, 0.15) is 277 Å². The van der Waals surface area contributed by atoms with Gasteiger partial charge in [0.25, 0.3) is 0 Å². The van der Waals surface area contributed by atoms with Gasteiger partial charge in [-0.25, -0.2) is 0 Å². The fraction of sp³-hybridized carbons (Fsp3) is 0.957. The topological polar surface area (TPSA) is 80.3 Å². The van der Waals surface area contributed by atoms with Crippen LogP contribution in [0, 0.1) is 5.41 Å². The lowest BCUT2D eigenvalue weighted by atomic mass is 9.74. The van der Waals surface area contributed by atoms with E-state index in [0.717, 1.165) is 25.7 Å². The summed E-state index contributed by atoms with van der Waals surface area (Å²) in [6.07, 6.45) is 49.4. The molecule has 4 nitrogen and oxygen atoms in total. The minimum Gasteiger partial charge on any atom is -0.550 e. The van der Waals surface area contributed by atoms with Gasteiger partial charge in [0.05, 0.1) is 0 Å². The van der Waals surface area contributed by atoms with Crippen molar-refractivity contribution >= 4 is 11.9 Å². The van der Waals surface area contributed by atoms with E-state index in [1.54, 1.807) is 0 Å². The Labute approximate surface area is 313 Å². The molecule has 0 spiro atoms. The predicted octanol–water partition coefficient (Wildman–Crippen LogP) is 13.5. The Bertz CT molecular complexity index is 664. The molecule has 0 unspecified atom stereocenters. The lowest BCUT2D eigenvalue weighted by Crippen LogP contribution is -2.42. The highest BCUT2D eigenvalue weighted by Crippen LogP contribution is 2.37. The van der Waals surface area contributed by atoms with Gasteiger partial charge in [0, 0.05) is 17.4 Å². The molecule has 4 heteroatoms. The van der Waals surface area contributed by atoms with Gasteiger partial charge in [-0.15, -0.1) is 0 Å². The SMILES string of the molecule is CCCCCCCCCCCCCCCCCCCCC(CCCCCCCCCCCCCCCCCCCC)(CCCC(=O)[O-])C(=O)[O-]. The maximum absolute atomic E-state index is 12.4. The second kappa shape index (κ2) is 39.2. The van der Waals surface area contributed by atoms with Crippen LogP contribution in [0.2, 0.25) is 0 Å². The third-order valence-electron chi connectivity index (χ3n) is 11.5. The normalized spacial score (nSPS) is 11.8. The smallest absolute Gasteiger partial charge is 0.0476 e. The Morgan fingerprint density at radius 3 is 0.720 bits per heavy atom. The van der Waals surface area contributed by atoms with Crippen molar-refractivity contribution in [3.63, 3.8) is 0 Å². The number of unbranched alkanes of at least 4 members (excludes halogenated alkanes) is 34. The highest BCUT2D eigenvalue weighted by atomic mass is 16.4. The van der Waals surface area contributed by atoms with Gasteiger partial charge in [-0.3, -0.25) is 0 Å². The Balaban J connectivity index is 3.96. The summed E-state index contributed by atoms with van der Waals surface area (Å²) in [6, 6.07) is 0. The van der Waals surface area contributed by atoms with E-state index in [4.69, 9.17) is 0 Å². The van der Waals surface area contributed by atoms with Crippen LogP contribution in [-0.4, -0.2) is 11.9 Å². The van der Waals surface area contributed by atoms with Crippen LogP contribution in [0.4, 0.5) is 0 Å². The van der Waals surface area contributed by atoms with E-state index >= 15 is 0 Å². The molecule has 0 aromatic heterocycles. The third-order valence-corrected chi connectivity index (χ3v) is 11.5. The summed E-state index contributed by atoms with van der Waals surface area (Å²) in [6.45, 7) is 4.56. The summed E-state index contributed by atoms with van der Waals surface area (Å²) in [5, 5.41) is 23.5. The largest absolute Gasteiger partial charge is 0.550 e. The van der Waals surface area contributed by atoms with Gasteiger partial charge < -0.3 is 19.8 Å². The van der Waals surface area contributed by atoms with E-state index in [-0.39, 0.29) is 6.42 Å². The molecular formula is C46H88O4-2. The summed E-state index contributed by atoms with van der Waals surface area (Å²) < 4.78 is 0. The molecule has 0 fully saturated rings. The van der Waals surface area contributed by atoms with E-state index < -0.39 is 17.4 Å². The average molecular weight is 705 g/mol. The van der Waals surface area contributed by atoms with Crippen LogP contribution in [0.5, 0.6) is 0 Å². The van der Waals surface area contributed by atoms with E-state index in [9.17, 15) is 19.8 Å². The third kappa shape index (κ3) is 34.0. The first-order chi connectivity index (χ1) is 24.5. The van der Waals surface area contributed by atoms with Crippen molar-refractivity contribution in [3.8, 4) is 0 Å². The second-order valence-corrected chi connectivity index (χ2v) is 16.3. The number of rotatable bonds is 43. The summed E-state index contributed by atoms with van der Waals surface area (Å²) >= 11 is 0. The van der Waals surface area contributed by atoms with E-state index in [1.165, 1.54) is 205 Å². The molecule has 0 radical (unpaired) electrons. The van der Waals surface area contributed by atoms with Gasteiger partial charge in [0.15, 0.2) is 0 Å². The van der Waals surface area contributed by atoms with Gasteiger partial charge in [0.2, 0.25) is 0 Å². The van der Waals surface area contributed by atoms with Crippen molar-refractivity contribution < 1.29 is 19.8 Å². The minimum absolute atomic E-state index is 0.0622. The van der Waals surface area contributed by atoms with Crippen LogP contribution in [0.15, 0.2) is 0 Å². The molecule has 0 amide bonds. The molecule has 298 valence electrons. The van der Waals surface area contributed by atoms with E-state index in [2.05, 4.69) is 13.8 Å². The maximum atomic E-state index is 12.4. The molecule has 0 aromatic rings. The number of carbonyl (C=O) groups excluding carboxylic acids is 2. The zero-order chi connectivity index (χ0) is 36.6. The highest BCUT2D eigenvalue weighted by Gasteiger charge is 2.30. The summed E-state index contributed by atoms with van der Waals surface area (Å²) in [7, 11) is 0. The van der Waals surface area contributed by atoms with Gasteiger partial charge >= 0.3 is 0 Å². The molecule has 0 saturated carbocycles. The molecule has 50 heavy (non-hydrogen) atoms. The quantitative estimate of drug-likeness (QED) is 0.0592. The first kappa shape index (κ1) is 48.9. The lowest BCUT2D eigenvalue weighted by Gasteiger charge is -2.35. The fourth-order valence-electron chi connectivity index (χ4n) is 7.98. The molecule has 0 aliphatic rings. The molecular weight excluding hydrogens is 617 g/mol. The second-order valence-electron chi connectivity index (χ2n) is 16.3. The highest BCUT2D eigenvalue weighted by molar-refractivity contribution is 5.72. The zero-order valence-corrected chi connectivity index (χ0v) is 34.1. The number of aliphatic carboxylic acids is 2. The monoisotopic (exact) mass is 705 g/mol. The lowest BCUT2D eigenvalue weighted by molar-refractivity contribution is -0.321. The Hall–Kier alpha value is -1.06. The van der Waals surface area contributed by atoms with Crippen LogP contribution in [-0.2, 0) is 9.59 Å². The molecule has 0 heterocycles. The van der Waals surface area contributed by atoms with Crippen LogP contribution >= 0.6 is 0 Å². The fourth-order valence-corrected chi connectivity index (χ4v) is 7.98. The maximum Gasteiger partial charge on any atom is 0.0476 e. The van der Waals surface area contributed by atoms with Gasteiger partial charge in [-0.2, -0.15) is 0 Å². The Kier molecular flexibility index (Phi) is 38.3. The molecule has 0 N–H and O–H groups in total. The number of hydrogen-bond donors (Lipinski definition) is 0. The Morgan fingerprint density at radius 1 is 0.320 bits per heavy atom. The van der Waals surface area contributed by atoms with E-state index in [0.29, 0.717) is 25.7 Å². The number of carbonyl (C=O) groups is 2. The summed E-state index contributed by atoms with van der Waals surface area (Å²) in [4.78, 5) is 23.5. The van der Waals surface area contributed by atoms with Gasteiger partial charge in [-0.1, -0.05) is 245 Å². The van der Waals surface area contributed by atoms with Crippen molar-refractivity contribution in [2.75, 3.05) is 0 Å². The standard InChI is InChI=1S/C46H90O4/c1-3-5-7-9-11-13-15-17-19-21-23-25-27-29-31-33-35-37-41-46(45(49)50,43-39-40-44(47)48)42-38-36-34-32-30-28-26-24-22-20-18-16-14-12-10-8-6-4-2/h3-43H2,1-2H3,(H,47,48)(H,49,50)/p-2. The molecule has 0 aliphatic carbocycles. The van der Waals surface area contributed by atoms with Crippen LogP contribution < -0.4 is 10.2 Å². The number of hydrogen-bond acceptors (Lipinski definition) is 4. The molecule has 0 rings (SSSR count). The Morgan fingerprint density at radius 2 is 0.520 bits per heavy atom. The molecule has 0 saturated heterocycles. The number of carboxylic acids is 2. The molecule has 0 aromatic carbocycles. The molecule has 0 atom stereocenters. The zero-order valence-electron chi connectivity index (χ0n) is 34.1. The van der Waals surface area contributed by atoms with Crippen molar-refractivity contribution in [2.24, 2.45) is 5.41 Å². The summed E-state index contributed by atoms with van der Waals surface area (Å²) in [5.41, 5.74) is -0.875. The number of carboxylic acid groups (broad SMARTS) is 2. The van der Waals surface area contributed by atoms with Gasteiger partial charge in [0.1, 0.15) is 0 Å². The van der Waals surface area contributed by atoms with Crippen molar-refractivity contribution in [1.29, 1.82) is 0 Å². The van der Waals surface area contributed by atoms with Crippen LogP contribution in [0.3, 0.4) is 0 Å². The average Bonchev–Trinajstić information content (AvgIpc) is 3.10. The first-order valence-electron chi connectivity index (χ1n) is 22.9. The minimum atomic E-state index is -1.08. The molecule has 0 bridgehead atoms. The predicted molar refractivity (Wildman–Crippen MR) is 213 cm³/mol. The van der Waals surface area contributed by atoms with Crippen molar-refractivity contribution in [2.45, 2.75) is 277 Å². The summed E-state index contributed by atoms with van der Waals surface area (Å²) in [5.74, 6) is -2.05.